The van der Waals surface area contributed by atoms with E-state index in [-0.39, 0.29) is 16.8 Å². The van der Waals surface area contributed by atoms with Crippen LogP contribution in [0.5, 0.6) is 0 Å². The van der Waals surface area contributed by atoms with Crippen molar-refractivity contribution in [2.24, 2.45) is 0 Å². The molecule has 1 atom stereocenters. The van der Waals surface area contributed by atoms with Crippen molar-refractivity contribution in [1.82, 2.24) is 5.32 Å². The average Bonchev–Trinajstić information content (AvgIpc) is 2.66. The van der Waals surface area contributed by atoms with E-state index in [1.165, 1.54) is 25.3 Å². The van der Waals surface area contributed by atoms with E-state index in [9.17, 15) is 19.7 Å². The molecule has 0 aliphatic carbocycles. The molecule has 0 fully saturated rings. The predicted molar refractivity (Wildman–Crippen MR) is 107 cm³/mol. The highest BCUT2D eigenvalue weighted by Crippen LogP contribution is 2.40. The number of nitrogens with zero attached hydrogens (tertiary/aromatic N) is 1. The molecule has 8 nitrogen and oxygen atoms in total. The molecule has 1 unspecified atom stereocenters. The van der Waals surface area contributed by atoms with Crippen molar-refractivity contribution in [3.8, 4) is 0 Å². The number of nitro benzene ring substituents is 1. The quantitative estimate of drug-likeness (QED) is 0.439. The van der Waals surface area contributed by atoms with E-state index in [0.717, 1.165) is 0 Å². The third-order valence-corrected chi connectivity index (χ3v) is 5.02. The second kappa shape index (κ2) is 8.46. The Morgan fingerprint density at radius 3 is 2.28 bits per heavy atom. The molecule has 1 aliphatic heterocycles. The van der Waals surface area contributed by atoms with E-state index in [0.29, 0.717) is 23.4 Å². The number of methoxy groups -OCH3 is 1. The number of ether oxygens (including phenoxy) is 2. The maximum Gasteiger partial charge on any atom is 0.337 e. The van der Waals surface area contributed by atoms with E-state index in [1.807, 2.05) is 6.92 Å². The summed E-state index contributed by atoms with van der Waals surface area (Å²) < 4.78 is 10.6. The first-order valence-electron chi connectivity index (χ1n) is 9.27. The highest BCUT2D eigenvalue weighted by atomic mass is 16.6. The number of nitro groups is 1. The van der Waals surface area contributed by atoms with Crippen LogP contribution >= 0.6 is 0 Å². The summed E-state index contributed by atoms with van der Waals surface area (Å²) in [5, 5.41) is 14.3. The van der Waals surface area contributed by atoms with Gasteiger partial charge in [0.15, 0.2) is 0 Å². The lowest BCUT2D eigenvalue weighted by Gasteiger charge is -2.32. The summed E-state index contributed by atoms with van der Waals surface area (Å²) in [4.78, 5) is 36.4. The Morgan fingerprint density at radius 2 is 1.76 bits per heavy atom. The van der Waals surface area contributed by atoms with Crippen LogP contribution in [0, 0.1) is 10.1 Å². The summed E-state index contributed by atoms with van der Waals surface area (Å²) in [6.07, 6.45) is 0.596. The lowest BCUT2D eigenvalue weighted by Crippen LogP contribution is -2.35. The van der Waals surface area contributed by atoms with Crippen molar-refractivity contribution in [1.29, 1.82) is 0 Å². The SMILES string of the molecule is CCC(C)(C)OC(=O)C1=C(C)NC(C)=C(C(=O)OC)C1c1cccc([N+](=O)[O-])c1. The monoisotopic (exact) mass is 402 g/mol. The van der Waals surface area contributed by atoms with Crippen molar-refractivity contribution >= 4 is 17.6 Å². The molecule has 2 rings (SSSR count). The van der Waals surface area contributed by atoms with E-state index >= 15 is 0 Å². The van der Waals surface area contributed by atoms with Crippen LogP contribution in [-0.4, -0.2) is 29.6 Å². The standard InChI is InChI=1S/C21H26N2O6/c1-7-21(4,5)29-20(25)17-13(3)22-12(2)16(19(24)28-6)18(17)14-9-8-10-15(11-14)23(26)27/h8-11,18,22H,7H2,1-6H3. The summed E-state index contributed by atoms with van der Waals surface area (Å²) in [6, 6.07) is 5.88. The molecule has 1 heterocycles. The lowest BCUT2D eigenvalue weighted by atomic mass is 9.80. The molecular weight excluding hydrogens is 376 g/mol. The Labute approximate surface area is 169 Å². The molecule has 156 valence electrons. The molecule has 0 bridgehead atoms. The molecule has 0 spiro atoms. The molecule has 0 saturated heterocycles. The van der Waals surface area contributed by atoms with Gasteiger partial charge in [-0.25, -0.2) is 9.59 Å². The van der Waals surface area contributed by atoms with Crippen LogP contribution < -0.4 is 5.32 Å². The molecular formula is C21H26N2O6. The third kappa shape index (κ3) is 4.64. The zero-order valence-electron chi connectivity index (χ0n) is 17.5. The summed E-state index contributed by atoms with van der Waals surface area (Å²) in [5.74, 6) is -2.07. The number of benzene rings is 1. The summed E-state index contributed by atoms with van der Waals surface area (Å²) in [5.41, 5.74) is 1.04. The average molecular weight is 402 g/mol. The van der Waals surface area contributed by atoms with Crippen LogP contribution in [-0.2, 0) is 19.1 Å². The minimum Gasteiger partial charge on any atom is -0.466 e. The molecule has 8 heteroatoms. The van der Waals surface area contributed by atoms with Gasteiger partial charge in [-0.15, -0.1) is 0 Å². The second-order valence-electron chi connectivity index (χ2n) is 7.48. The smallest absolute Gasteiger partial charge is 0.337 e. The zero-order chi connectivity index (χ0) is 21.9. The van der Waals surface area contributed by atoms with Crippen LogP contribution in [0.25, 0.3) is 0 Å². The first-order valence-corrected chi connectivity index (χ1v) is 9.27. The van der Waals surface area contributed by atoms with Crippen molar-refractivity contribution in [2.75, 3.05) is 7.11 Å². The van der Waals surface area contributed by atoms with E-state index in [2.05, 4.69) is 5.32 Å². The van der Waals surface area contributed by atoms with Gasteiger partial charge in [0.25, 0.3) is 5.69 Å². The molecule has 0 aromatic heterocycles. The van der Waals surface area contributed by atoms with Crippen LogP contribution in [0.2, 0.25) is 0 Å². The zero-order valence-corrected chi connectivity index (χ0v) is 17.5. The fourth-order valence-corrected chi connectivity index (χ4v) is 3.17. The summed E-state index contributed by atoms with van der Waals surface area (Å²) in [7, 11) is 1.25. The molecule has 1 aromatic rings. The fourth-order valence-electron chi connectivity index (χ4n) is 3.17. The van der Waals surface area contributed by atoms with E-state index < -0.39 is 28.4 Å². The van der Waals surface area contributed by atoms with Gasteiger partial charge in [-0.2, -0.15) is 0 Å². The number of hydrogen-bond donors (Lipinski definition) is 1. The predicted octanol–water partition coefficient (Wildman–Crippen LogP) is 3.73. The molecule has 0 saturated carbocycles. The van der Waals surface area contributed by atoms with Crippen LogP contribution in [0.3, 0.4) is 0 Å². The van der Waals surface area contributed by atoms with Gasteiger partial charge in [0.05, 0.1) is 29.1 Å². The van der Waals surface area contributed by atoms with Crippen LogP contribution in [0.15, 0.2) is 46.8 Å². The van der Waals surface area contributed by atoms with E-state index in [4.69, 9.17) is 9.47 Å². The van der Waals surface area contributed by atoms with E-state index in [1.54, 1.807) is 33.8 Å². The Bertz CT molecular complexity index is 914. The maximum atomic E-state index is 13.1. The van der Waals surface area contributed by atoms with Crippen molar-refractivity contribution in [2.45, 2.75) is 52.6 Å². The van der Waals surface area contributed by atoms with Gasteiger partial charge in [-0.3, -0.25) is 10.1 Å². The number of nitrogens with one attached hydrogen (secondary N) is 1. The van der Waals surface area contributed by atoms with Gasteiger partial charge in [-0.1, -0.05) is 19.1 Å². The Morgan fingerprint density at radius 1 is 1.17 bits per heavy atom. The summed E-state index contributed by atoms with van der Waals surface area (Å²) >= 11 is 0. The van der Waals surface area contributed by atoms with Gasteiger partial charge in [-0.05, 0) is 39.7 Å². The Balaban J connectivity index is 2.68. The van der Waals surface area contributed by atoms with Gasteiger partial charge in [0, 0.05) is 23.5 Å². The maximum absolute atomic E-state index is 13.1. The van der Waals surface area contributed by atoms with Crippen molar-refractivity contribution < 1.29 is 24.0 Å². The number of rotatable bonds is 6. The van der Waals surface area contributed by atoms with Crippen LogP contribution in [0.4, 0.5) is 5.69 Å². The van der Waals surface area contributed by atoms with Gasteiger partial charge in [0.2, 0.25) is 0 Å². The molecule has 0 amide bonds. The minimum atomic E-state index is -0.858. The molecule has 0 radical (unpaired) electrons. The van der Waals surface area contributed by atoms with Gasteiger partial charge in [0.1, 0.15) is 5.60 Å². The molecule has 1 aromatic carbocycles. The summed E-state index contributed by atoms with van der Waals surface area (Å²) in [6.45, 7) is 8.88. The highest BCUT2D eigenvalue weighted by molar-refractivity contribution is 6.00. The number of dihydropyridines is 1. The molecule has 1 aliphatic rings. The first-order chi connectivity index (χ1) is 13.5. The normalized spacial score (nSPS) is 17.0. The number of carbonyl (C=O) groups excluding carboxylic acids is 2. The number of non-ortho nitro benzene ring substituents is 1. The highest BCUT2D eigenvalue weighted by Gasteiger charge is 2.39. The Kier molecular flexibility index (Phi) is 6.46. The number of allylic oxidation sites excluding steroid dienone is 2. The van der Waals surface area contributed by atoms with Crippen LogP contribution in [0.1, 0.15) is 52.5 Å². The number of carbonyl (C=O) groups is 2. The van der Waals surface area contributed by atoms with Gasteiger partial charge >= 0.3 is 11.9 Å². The number of esters is 2. The van der Waals surface area contributed by atoms with Gasteiger partial charge < -0.3 is 14.8 Å². The first kappa shape index (κ1) is 22.1. The fraction of sp³-hybridized carbons (Fsp3) is 0.429. The van der Waals surface area contributed by atoms with Crippen molar-refractivity contribution in [3.63, 3.8) is 0 Å². The Hall–Kier alpha value is -3.16. The molecule has 1 N–H and O–H groups in total. The largest absolute Gasteiger partial charge is 0.466 e. The van der Waals surface area contributed by atoms with Crippen molar-refractivity contribution in [3.05, 3.63) is 62.5 Å². The second-order valence-corrected chi connectivity index (χ2v) is 7.48. The lowest BCUT2D eigenvalue weighted by molar-refractivity contribution is -0.384. The molecule has 29 heavy (non-hydrogen) atoms. The third-order valence-electron chi connectivity index (χ3n) is 5.02. The minimum absolute atomic E-state index is 0.137. The topological polar surface area (TPSA) is 108 Å². The number of hydrogen-bond acceptors (Lipinski definition) is 7.